The molecule has 1 atom stereocenters. The second kappa shape index (κ2) is 10.2. The summed E-state index contributed by atoms with van der Waals surface area (Å²) in [6.45, 7) is 0.318. The fourth-order valence-electron chi connectivity index (χ4n) is 3.64. The molecule has 1 unspecified atom stereocenters. The number of benzene rings is 3. The number of thiol groups is 1. The SMILES string of the molecule is O=C(NCc1ccccc1S)c1ccc2c(c1)NC(=O)C(CS(=O)(=O)Cc1cccc(Br)c1)N2. The molecule has 0 aliphatic carbocycles. The molecule has 0 saturated heterocycles. The number of hydrogen-bond donors (Lipinski definition) is 4. The van der Waals surface area contributed by atoms with E-state index in [4.69, 9.17) is 0 Å². The molecule has 0 bridgehead atoms. The molecule has 0 radical (unpaired) electrons. The van der Waals surface area contributed by atoms with E-state index in [0.29, 0.717) is 29.0 Å². The third kappa shape index (κ3) is 5.99. The third-order valence-electron chi connectivity index (χ3n) is 5.31. The summed E-state index contributed by atoms with van der Waals surface area (Å²) in [5.74, 6) is -1.28. The lowest BCUT2D eigenvalue weighted by Crippen LogP contribution is -2.43. The van der Waals surface area contributed by atoms with Crippen molar-refractivity contribution in [1.29, 1.82) is 0 Å². The average molecular weight is 560 g/mol. The summed E-state index contributed by atoms with van der Waals surface area (Å²) in [4.78, 5) is 26.0. The van der Waals surface area contributed by atoms with Gasteiger partial charge in [0, 0.05) is 21.5 Å². The fraction of sp³-hybridized carbons (Fsp3) is 0.167. The number of nitrogens with one attached hydrogen (secondary N) is 3. The zero-order chi connectivity index (χ0) is 24.3. The van der Waals surface area contributed by atoms with E-state index < -0.39 is 21.8 Å². The Kier molecular flexibility index (Phi) is 7.30. The Labute approximate surface area is 211 Å². The predicted molar refractivity (Wildman–Crippen MR) is 139 cm³/mol. The third-order valence-corrected chi connectivity index (χ3v) is 7.86. The molecule has 34 heavy (non-hydrogen) atoms. The van der Waals surface area contributed by atoms with Crippen LogP contribution in [-0.2, 0) is 26.9 Å². The van der Waals surface area contributed by atoms with Crippen LogP contribution in [0.3, 0.4) is 0 Å². The minimum atomic E-state index is -3.56. The van der Waals surface area contributed by atoms with E-state index in [1.165, 1.54) is 0 Å². The van der Waals surface area contributed by atoms with Gasteiger partial charge in [0.2, 0.25) is 5.91 Å². The van der Waals surface area contributed by atoms with E-state index in [-0.39, 0.29) is 17.4 Å². The molecule has 1 heterocycles. The second-order valence-corrected chi connectivity index (χ2v) is 11.4. The van der Waals surface area contributed by atoms with Gasteiger partial charge in [-0.3, -0.25) is 9.59 Å². The van der Waals surface area contributed by atoms with Crippen LogP contribution in [0.25, 0.3) is 0 Å². The smallest absolute Gasteiger partial charge is 0.251 e. The number of amides is 2. The molecular weight excluding hydrogens is 538 g/mol. The fourth-order valence-corrected chi connectivity index (χ4v) is 5.87. The van der Waals surface area contributed by atoms with Crippen molar-refractivity contribution in [2.45, 2.75) is 23.2 Å². The Morgan fingerprint density at radius 3 is 2.59 bits per heavy atom. The first-order valence-electron chi connectivity index (χ1n) is 10.4. The molecule has 1 aliphatic heterocycles. The van der Waals surface area contributed by atoms with E-state index in [9.17, 15) is 18.0 Å². The lowest BCUT2D eigenvalue weighted by atomic mass is 10.1. The van der Waals surface area contributed by atoms with Crippen LogP contribution in [0.15, 0.2) is 76.1 Å². The summed E-state index contributed by atoms with van der Waals surface area (Å²) in [6, 6.07) is 18.4. The summed E-state index contributed by atoms with van der Waals surface area (Å²) in [7, 11) is -3.56. The average Bonchev–Trinajstić information content (AvgIpc) is 2.78. The monoisotopic (exact) mass is 559 g/mol. The number of anilines is 2. The number of rotatable bonds is 7. The summed E-state index contributed by atoms with van der Waals surface area (Å²) >= 11 is 7.71. The lowest BCUT2D eigenvalue weighted by Gasteiger charge is -2.27. The summed E-state index contributed by atoms with van der Waals surface area (Å²) in [6.07, 6.45) is 0. The molecule has 0 spiro atoms. The molecule has 4 rings (SSSR count). The van der Waals surface area contributed by atoms with Crippen molar-refractivity contribution < 1.29 is 18.0 Å². The maximum Gasteiger partial charge on any atom is 0.251 e. The second-order valence-electron chi connectivity index (χ2n) is 7.94. The zero-order valence-electron chi connectivity index (χ0n) is 17.9. The number of carbonyl (C=O) groups is 2. The Hall–Kier alpha value is -2.82. The van der Waals surface area contributed by atoms with E-state index in [2.05, 4.69) is 44.5 Å². The van der Waals surface area contributed by atoms with Gasteiger partial charge in [-0.05, 0) is 47.5 Å². The molecular formula is C24H22BrN3O4S2. The van der Waals surface area contributed by atoms with Crippen molar-refractivity contribution in [3.63, 3.8) is 0 Å². The summed E-state index contributed by atoms with van der Waals surface area (Å²) < 4.78 is 26.2. The van der Waals surface area contributed by atoms with Crippen LogP contribution < -0.4 is 16.0 Å². The topological polar surface area (TPSA) is 104 Å². The van der Waals surface area contributed by atoms with Gasteiger partial charge in [0.1, 0.15) is 6.04 Å². The van der Waals surface area contributed by atoms with Crippen LogP contribution in [0.4, 0.5) is 11.4 Å². The number of carbonyl (C=O) groups excluding carboxylic acids is 2. The first kappa shape index (κ1) is 24.3. The van der Waals surface area contributed by atoms with Crippen LogP contribution in [-0.4, -0.2) is 32.0 Å². The van der Waals surface area contributed by atoms with Crippen LogP contribution in [0.2, 0.25) is 0 Å². The minimum Gasteiger partial charge on any atom is -0.371 e. The van der Waals surface area contributed by atoms with Crippen molar-refractivity contribution in [2.75, 3.05) is 16.4 Å². The maximum absolute atomic E-state index is 12.7. The van der Waals surface area contributed by atoms with Crippen LogP contribution in [0.1, 0.15) is 21.5 Å². The van der Waals surface area contributed by atoms with Gasteiger partial charge in [0.25, 0.3) is 5.91 Å². The molecule has 3 N–H and O–H groups in total. The largest absolute Gasteiger partial charge is 0.371 e. The molecule has 0 saturated carbocycles. The first-order chi connectivity index (χ1) is 16.2. The Morgan fingerprint density at radius 1 is 1.03 bits per heavy atom. The molecule has 2 amide bonds. The zero-order valence-corrected chi connectivity index (χ0v) is 21.2. The highest BCUT2D eigenvalue weighted by Crippen LogP contribution is 2.29. The molecule has 176 valence electrons. The Balaban J connectivity index is 1.41. The highest BCUT2D eigenvalue weighted by molar-refractivity contribution is 9.10. The van der Waals surface area contributed by atoms with Crippen LogP contribution in [0, 0.1) is 0 Å². The number of fused-ring (bicyclic) bond motifs is 1. The van der Waals surface area contributed by atoms with Crippen LogP contribution >= 0.6 is 28.6 Å². The van der Waals surface area contributed by atoms with E-state index in [1.54, 1.807) is 36.4 Å². The number of sulfone groups is 1. The van der Waals surface area contributed by atoms with Crippen LogP contribution in [0.5, 0.6) is 0 Å². The summed E-state index contributed by atoms with van der Waals surface area (Å²) in [5.41, 5.74) is 2.88. The molecule has 0 aromatic heterocycles. The highest BCUT2D eigenvalue weighted by atomic mass is 79.9. The molecule has 0 fully saturated rings. The van der Waals surface area contributed by atoms with E-state index >= 15 is 0 Å². The van der Waals surface area contributed by atoms with Gasteiger partial charge in [-0.25, -0.2) is 8.42 Å². The van der Waals surface area contributed by atoms with Crippen molar-refractivity contribution in [1.82, 2.24) is 5.32 Å². The first-order valence-corrected chi connectivity index (χ1v) is 13.5. The van der Waals surface area contributed by atoms with Gasteiger partial charge in [0.05, 0.1) is 22.9 Å². The predicted octanol–water partition coefficient (Wildman–Crippen LogP) is 4.02. The molecule has 1 aliphatic rings. The van der Waals surface area contributed by atoms with Crippen molar-refractivity contribution in [3.8, 4) is 0 Å². The van der Waals surface area contributed by atoms with Gasteiger partial charge < -0.3 is 16.0 Å². The highest BCUT2D eigenvalue weighted by Gasteiger charge is 2.30. The van der Waals surface area contributed by atoms with Crippen molar-refractivity contribution in [3.05, 3.63) is 87.9 Å². The Morgan fingerprint density at radius 2 is 1.82 bits per heavy atom. The minimum absolute atomic E-state index is 0.167. The quantitative estimate of drug-likeness (QED) is 0.327. The van der Waals surface area contributed by atoms with Gasteiger partial charge in [-0.15, -0.1) is 12.6 Å². The van der Waals surface area contributed by atoms with E-state index in [1.807, 2.05) is 30.3 Å². The molecule has 3 aromatic carbocycles. The molecule has 3 aromatic rings. The molecule has 7 nitrogen and oxygen atoms in total. The lowest BCUT2D eigenvalue weighted by molar-refractivity contribution is -0.116. The summed E-state index contributed by atoms with van der Waals surface area (Å²) in [5, 5.41) is 8.54. The van der Waals surface area contributed by atoms with Gasteiger partial charge in [-0.2, -0.15) is 0 Å². The van der Waals surface area contributed by atoms with Crippen molar-refractivity contribution in [2.24, 2.45) is 0 Å². The van der Waals surface area contributed by atoms with E-state index in [0.717, 1.165) is 14.9 Å². The number of halogens is 1. The number of hydrogen-bond acceptors (Lipinski definition) is 6. The van der Waals surface area contributed by atoms with Gasteiger partial charge in [-0.1, -0.05) is 46.3 Å². The normalized spacial score (nSPS) is 15.1. The maximum atomic E-state index is 12.7. The van der Waals surface area contributed by atoms with Gasteiger partial charge in [0.15, 0.2) is 9.84 Å². The molecule has 10 heteroatoms. The van der Waals surface area contributed by atoms with Crippen molar-refractivity contribution >= 4 is 61.6 Å². The Bertz CT molecular complexity index is 1360. The van der Waals surface area contributed by atoms with Gasteiger partial charge >= 0.3 is 0 Å². The standard InChI is InChI=1S/C24H22BrN3O4S2/c25-18-6-3-4-15(10-18)13-34(31,32)14-21-24(30)28-20-11-16(8-9-19(20)27-21)23(29)26-12-17-5-1-2-7-22(17)33/h1-11,21,27,33H,12-14H2,(H,26,29)(H,28,30).